The predicted molar refractivity (Wildman–Crippen MR) is 85.4 cm³/mol. The third-order valence-corrected chi connectivity index (χ3v) is 3.49. The molecule has 1 unspecified atom stereocenters. The third kappa shape index (κ3) is 5.48. The number of aliphatic carboxylic acids is 1. The first kappa shape index (κ1) is 17.6. The molecule has 0 fully saturated rings. The van der Waals surface area contributed by atoms with Gasteiger partial charge in [-0.3, -0.25) is 0 Å². The molecule has 2 aromatic carbocycles. The number of carboxylic acid groups (broad SMARTS) is 1. The molecule has 0 aliphatic carbocycles. The van der Waals surface area contributed by atoms with E-state index >= 15 is 0 Å². The number of hydrogen-bond acceptors (Lipinski definition) is 5. The number of alkyl carbamates (subject to hydrolysis) is 1. The fourth-order valence-electron chi connectivity index (χ4n) is 1.97. The molecule has 0 heterocycles. The van der Waals surface area contributed by atoms with Crippen LogP contribution in [0.25, 0.3) is 0 Å². The van der Waals surface area contributed by atoms with Crippen molar-refractivity contribution in [3.63, 3.8) is 0 Å². The highest BCUT2D eigenvalue weighted by Gasteiger charge is 2.15. The number of phenols is 1. The van der Waals surface area contributed by atoms with E-state index in [9.17, 15) is 19.8 Å². The average Bonchev–Trinajstić information content (AvgIpc) is 2.55. The zero-order valence-corrected chi connectivity index (χ0v) is 13.3. The van der Waals surface area contributed by atoms with Crippen LogP contribution >= 0.6 is 11.6 Å². The van der Waals surface area contributed by atoms with Crippen molar-refractivity contribution < 1.29 is 24.5 Å². The standard InChI is InChI=1S/C17H16ClNO5/c18-13-5-1-12(2-6-13)10-24-17(23)19-15(16(21)22)9-11-3-7-14(20)8-4-11/h1-8,15,20H,9-10H2,(H,19,23)(H,21,22)/p-1. The zero-order valence-electron chi connectivity index (χ0n) is 12.6. The number of carboxylic acids is 1. The molecule has 0 radical (unpaired) electrons. The highest BCUT2D eigenvalue weighted by atomic mass is 35.5. The van der Waals surface area contributed by atoms with Gasteiger partial charge in [-0.15, -0.1) is 0 Å². The van der Waals surface area contributed by atoms with Gasteiger partial charge in [0.1, 0.15) is 12.4 Å². The molecule has 0 bridgehead atoms. The van der Waals surface area contributed by atoms with Gasteiger partial charge in [-0.05, 0) is 41.8 Å². The smallest absolute Gasteiger partial charge is 0.408 e. The number of aromatic hydroxyl groups is 1. The van der Waals surface area contributed by atoms with Crippen LogP contribution in [0.3, 0.4) is 0 Å². The van der Waals surface area contributed by atoms with Crippen LogP contribution in [-0.2, 0) is 22.6 Å². The molecule has 24 heavy (non-hydrogen) atoms. The Morgan fingerprint density at radius 2 is 1.67 bits per heavy atom. The Morgan fingerprint density at radius 3 is 2.25 bits per heavy atom. The van der Waals surface area contributed by atoms with E-state index in [1.807, 2.05) is 0 Å². The first-order valence-corrected chi connectivity index (χ1v) is 7.48. The number of phenolic OH excluding ortho intramolecular Hbond substituents is 1. The van der Waals surface area contributed by atoms with Gasteiger partial charge in [0, 0.05) is 5.02 Å². The number of rotatable bonds is 6. The SMILES string of the molecule is O=C(NC(Cc1ccc(O)cc1)C(=O)[O-])OCc1ccc(Cl)cc1. The minimum Gasteiger partial charge on any atom is -0.548 e. The second kappa shape index (κ2) is 8.21. The molecule has 2 rings (SSSR count). The van der Waals surface area contributed by atoms with Gasteiger partial charge in [0.05, 0.1) is 12.0 Å². The van der Waals surface area contributed by atoms with E-state index in [1.54, 1.807) is 36.4 Å². The second-order valence-corrected chi connectivity index (χ2v) is 5.53. The summed E-state index contributed by atoms with van der Waals surface area (Å²) in [4.78, 5) is 22.9. The minimum absolute atomic E-state index is 0.0119. The maximum Gasteiger partial charge on any atom is 0.408 e. The Bertz CT molecular complexity index is 700. The van der Waals surface area contributed by atoms with Crippen LogP contribution in [0.4, 0.5) is 4.79 Å². The topological polar surface area (TPSA) is 98.7 Å². The normalized spacial score (nSPS) is 11.5. The number of carbonyl (C=O) groups excluding carboxylic acids is 2. The molecule has 0 saturated carbocycles. The maximum absolute atomic E-state index is 11.8. The van der Waals surface area contributed by atoms with Gasteiger partial charge in [0.2, 0.25) is 0 Å². The molecule has 0 spiro atoms. The summed E-state index contributed by atoms with van der Waals surface area (Å²) in [6.07, 6.45) is -0.850. The van der Waals surface area contributed by atoms with E-state index in [4.69, 9.17) is 16.3 Å². The molecule has 2 N–H and O–H groups in total. The van der Waals surface area contributed by atoms with Crippen LogP contribution in [-0.4, -0.2) is 23.2 Å². The largest absolute Gasteiger partial charge is 0.548 e. The summed E-state index contributed by atoms with van der Waals surface area (Å²) in [6.45, 7) is -0.0119. The quantitative estimate of drug-likeness (QED) is 0.826. The Kier molecular flexibility index (Phi) is 6.03. The van der Waals surface area contributed by atoms with Gasteiger partial charge in [-0.1, -0.05) is 35.9 Å². The van der Waals surface area contributed by atoms with Gasteiger partial charge < -0.3 is 25.1 Å². The predicted octanol–water partition coefficient (Wildman–Crippen LogP) is 1.63. The summed E-state index contributed by atoms with van der Waals surface area (Å²) in [5.41, 5.74) is 1.35. The summed E-state index contributed by atoms with van der Waals surface area (Å²) in [5.74, 6) is -1.36. The molecule has 0 aromatic heterocycles. The van der Waals surface area contributed by atoms with Crippen molar-refractivity contribution in [3.05, 3.63) is 64.7 Å². The first-order chi connectivity index (χ1) is 11.4. The van der Waals surface area contributed by atoms with Crippen LogP contribution in [0.2, 0.25) is 5.02 Å². The Hall–Kier alpha value is -2.73. The number of nitrogens with one attached hydrogen (secondary N) is 1. The summed E-state index contributed by atoms with van der Waals surface area (Å²) in [7, 11) is 0. The van der Waals surface area contributed by atoms with Gasteiger partial charge in [0.25, 0.3) is 0 Å². The Morgan fingerprint density at radius 1 is 1.08 bits per heavy atom. The summed E-state index contributed by atoms with van der Waals surface area (Å²) in [5, 5.41) is 23.2. The highest BCUT2D eigenvalue weighted by molar-refractivity contribution is 6.30. The van der Waals surface area contributed by atoms with Crippen molar-refractivity contribution >= 4 is 23.7 Å². The van der Waals surface area contributed by atoms with E-state index in [0.29, 0.717) is 10.6 Å². The average molecular weight is 349 g/mol. The lowest BCUT2D eigenvalue weighted by Gasteiger charge is -2.19. The van der Waals surface area contributed by atoms with Gasteiger partial charge in [0.15, 0.2) is 0 Å². The summed E-state index contributed by atoms with van der Waals surface area (Å²) in [6, 6.07) is 11.5. The maximum atomic E-state index is 11.8. The van der Waals surface area contributed by atoms with Crippen molar-refractivity contribution in [2.75, 3.05) is 0 Å². The van der Waals surface area contributed by atoms with Crippen molar-refractivity contribution in [2.24, 2.45) is 0 Å². The first-order valence-electron chi connectivity index (χ1n) is 7.10. The van der Waals surface area contributed by atoms with E-state index in [0.717, 1.165) is 5.56 Å². The monoisotopic (exact) mass is 348 g/mol. The Labute approximate surface area is 143 Å². The van der Waals surface area contributed by atoms with Crippen molar-refractivity contribution in [1.82, 2.24) is 5.32 Å². The van der Waals surface area contributed by atoms with Crippen molar-refractivity contribution in [2.45, 2.75) is 19.1 Å². The van der Waals surface area contributed by atoms with Crippen LogP contribution in [0.1, 0.15) is 11.1 Å². The minimum atomic E-state index is -1.42. The van der Waals surface area contributed by atoms with Crippen LogP contribution < -0.4 is 10.4 Å². The lowest BCUT2D eigenvalue weighted by atomic mass is 10.1. The molecule has 0 saturated heterocycles. The van der Waals surface area contributed by atoms with Crippen molar-refractivity contribution in [1.29, 1.82) is 0 Å². The molecular formula is C17H15ClNO5-. The molecule has 0 aliphatic rings. The van der Waals surface area contributed by atoms with Gasteiger partial charge in [-0.25, -0.2) is 4.79 Å². The summed E-state index contributed by atoms with van der Waals surface area (Å²) < 4.78 is 4.98. The van der Waals surface area contributed by atoms with E-state index in [2.05, 4.69) is 5.32 Å². The second-order valence-electron chi connectivity index (χ2n) is 5.09. The summed E-state index contributed by atoms with van der Waals surface area (Å²) >= 11 is 5.76. The number of benzene rings is 2. The zero-order chi connectivity index (χ0) is 17.5. The number of carbonyl (C=O) groups is 2. The van der Waals surface area contributed by atoms with Gasteiger partial charge >= 0.3 is 6.09 Å². The number of amides is 1. The fourth-order valence-corrected chi connectivity index (χ4v) is 2.10. The number of hydrogen-bond donors (Lipinski definition) is 2. The molecule has 1 amide bonds. The third-order valence-electron chi connectivity index (χ3n) is 3.24. The molecule has 0 aliphatic heterocycles. The molecule has 126 valence electrons. The molecule has 6 nitrogen and oxygen atoms in total. The van der Waals surface area contributed by atoms with Crippen molar-refractivity contribution in [3.8, 4) is 5.75 Å². The molecule has 2 aromatic rings. The molecular weight excluding hydrogens is 334 g/mol. The lowest BCUT2D eigenvalue weighted by molar-refractivity contribution is -0.308. The van der Waals surface area contributed by atoms with E-state index in [1.165, 1.54) is 12.1 Å². The molecule has 1 atom stereocenters. The lowest BCUT2D eigenvalue weighted by Crippen LogP contribution is -2.49. The van der Waals surface area contributed by atoms with Crippen LogP contribution in [0.15, 0.2) is 48.5 Å². The number of ether oxygens (including phenoxy) is 1. The number of halogens is 1. The fraction of sp³-hybridized carbons (Fsp3) is 0.176. The Balaban J connectivity index is 1.89. The van der Waals surface area contributed by atoms with Gasteiger partial charge in [-0.2, -0.15) is 0 Å². The highest BCUT2D eigenvalue weighted by Crippen LogP contribution is 2.12. The van der Waals surface area contributed by atoms with E-state index < -0.39 is 18.1 Å². The van der Waals surface area contributed by atoms with Crippen LogP contribution in [0.5, 0.6) is 5.75 Å². The van der Waals surface area contributed by atoms with Crippen LogP contribution in [0, 0.1) is 0 Å². The van der Waals surface area contributed by atoms with E-state index in [-0.39, 0.29) is 18.8 Å². The molecule has 7 heteroatoms.